The average molecular weight is 407 g/mol. The lowest BCUT2D eigenvalue weighted by molar-refractivity contribution is 0.102. The number of nitrogens with one attached hydrogen (secondary N) is 1. The Labute approximate surface area is 168 Å². The van der Waals surface area contributed by atoms with E-state index < -0.39 is 15.9 Å². The quantitative estimate of drug-likeness (QED) is 0.650. The Bertz CT molecular complexity index is 1180. The number of rotatable bonds is 6. The fourth-order valence-corrected chi connectivity index (χ4v) is 3.08. The lowest BCUT2D eigenvalue weighted by Crippen LogP contribution is -2.14. The zero-order valence-electron chi connectivity index (χ0n) is 15.2. The Morgan fingerprint density at radius 1 is 1.03 bits per heavy atom. The number of amides is 1. The van der Waals surface area contributed by atoms with Gasteiger partial charge in [-0.25, -0.2) is 13.6 Å². The van der Waals surface area contributed by atoms with Gasteiger partial charge in [-0.15, -0.1) is 0 Å². The first-order valence-electron chi connectivity index (χ1n) is 8.51. The second-order valence-corrected chi connectivity index (χ2v) is 7.71. The van der Waals surface area contributed by atoms with Gasteiger partial charge in [-0.3, -0.25) is 4.79 Å². The number of hydrogen-bond acceptors (Lipinski definition) is 5. The van der Waals surface area contributed by atoms with Gasteiger partial charge in [-0.1, -0.05) is 18.2 Å². The topological polar surface area (TPSA) is 122 Å². The molecule has 0 bridgehead atoms. The molecule has 0 radical (unpaired) electrons. The minimum atomic E-state index is -3.81. The van der Waals surface area contributed by atoms with E-state index in [4.69, 9.17) is 15.1 Å². The standard InChI is InChI=1S/C21H17N3O4S/c22-13-15-3-1-4-16(11-15)14-28-19-6-2-5-18(12-19)24-21(25)17-7-9-20(10-8-17)29(23,26)27/h1-12H,14H2,(H,24,25)(H2,23,26,27). The van der Waals surface area contributed by atoms with Crippen LogP contribution in [0.25, 0.3) is 0 Å². The predicted octanol–water partition coefficient (Wildman–Crippen LogP) is 3.04. The van der Waals surface area contributed by atoms with E-state index in [-0.39, 0.29) is 17.1 Å². The molecule has 0 saturated heterocycles. The fraction of sp³-hybridized carbons (Fsp3) is 0.0476. The van der Waals surface area contributed by atoms with Crippen molar-refractivity contribution in [1.82, 2.24) is 0 Å². The number of carbonyl (C=O) groups excluding carboxylic acids is 1. The molecule has 0 fully saturated rings. The van der Waals surface area contributed by atoms with Gasteiger partial charge in [0, 0.05) is 17.3 Å². The van der Waals surface area contributed by atoms with Crippen LogP contribution in [0, 0.1) is 11.3 Å². The highest BCUT2D eigenvalue weighted by Gasteiger charge is 2.11. The van der Waals surface area contributed by atoms with Gasteiger partial charge in [0.2, 0.25) is 10.0 Å². The Kier molecular flexibility index (Phi) is 5.93. The van der Waals surface area contributed by atoms with Gasteiger partial charge in [0.15, 0.2) is 0 Å². The summed E-state index contributed by atoms with van der Waals surface area (Å²) in [5.74, 6) is 0.152. The van der Waals surface area contributed by atoms with Gasteiger partial charge in [-0.05, 0) is 54.1 Å². The Morgan fingerprint density at radius 2 is 1.76 bits per heavy atom. The van der Waals surface area contributed by atoms with Crippen molar-refractivity contribution in [1.29, 1.82) is 5.26 Å². The normalized spacial score (nSPS) is 10.8. The number of nitriles is 1. The van der Waals surface area contributed by atoms with E-state index in [9.17, 15) is 13.2 Å². The van der Waals surface area contributed by atoms with E-state index in [2.05, 4.69) is 11.4 Å². The van der Waals surface area contributed by atoms with Crippen molar-refractivity contribution in [2.75, 3.05) is 5.32 Å². The third kappa shape index (κ3) is 5.42. The molecule has 1 amide bonds. The molecular weight excluding hydrogens is 390 g/mol. The van der Waals surface area contributed by atoms with E-state index in [1.807, 2.05) is 6.07 Å². The molecule has 0 saturated carbocycles. The molecule has 3 aromatic carbocycles. The minimum absolute atomic E-state index is 0.0649. The molecule has 0 aliphatic carbocycles. The van der Waals surface area contributed by atoms with Crippen molar-refractivity contribution in [2.24, 2.45) is 5.14 Å². The SMILES string of the molecule is N#Cc1cccc(COc2cccc(NC(=O)c3ccc(S(N)(=O)=O)cc3)c2)c1. The number of benzene rings is 3. The Morgan fingerprint density at radius 3 is 2.45 bits per heavy atom. The number of nitrogens with zero attached hydrogens (tertiary/aromatic N) is 1. The van der Waals surface area contributed by atoms with Gasteiger partial charge in [-0.2, -0.15) is 5.26 Å². The third-order valence-electron chi connectivity index (χ3n) is 4.00. The molecule has 7 nitrogen and oxygen atoms in total. The molecule has 8 heteroatoms. The van der Waals surface area contributed by atoms with E-state index in [1.54, 1.807) is 42.5 Å². The van der Waals surface area contributed by atoms with Gasteiger partial charge >= 0.3 is 0 Å². The highest BCUT2D eigenvalue weighted by Crippen LogP contribution is 2.20. The van der Waals surface area contributed by atoms with Crippen LogP contribution >= 0.6 is 0 Å². The molecule has 3 N–H and O–H groups in total. The maximum Gasteiger partial charge on any atom is 0.255 e. The average Bonchev–Trinajstić information content (AvgIpc) is 2.72. The molecule has 0 aliphatic rings. The number of ether oxygens (including phenoxy) is 1. The minimum Gasteiger partial charge on any atom is -0.489 e. The summed E-state index contributed by atoms with van der Waals surface area (Å²) in [7, 11) is -3.81. The molecule has 0 aliphatic heterocycles. The van der Waals surface area contributed by atoms with Crippen LogP contribution in [0.2, 0.25) is 0 Å². The predicted molar refractivity (Wildman–Crippen MR) is 108 cm³/mol. The van der Waals surface area contributed by atoms with Gasteiger partial charge in [0.1, 0.15) is 12.4 Å². The van der Waals surface area contributed by atoms with Crippen molar-refractivity contribution >= 4 is 21.6 Å². The molecule has 3 rings (SSSR count). The second kappa shape index (κ2) is 8.56. The molecular formula is C21H17N3O4S. The van der Waals surface area contributed by atoms with Crippen molar-refractivity contribution in [3.63, 3.8) is 0 Å². The van der Waals surface area contributed by atoms with Crippen LogP contribution in [0.15, 0.2) is 77.7 Å². The fourth-order valence-electron chi connectivity index (χ4n) is 2.56. The third-order valence-corrected chi connectivity index (χ3v) is 4.93. The summed E-state index contributed by atoms with van der Waals surface area (Å²) in [4.78, 5) is 12.3. The van der Waals surface area contributed by atoms with Crippen molar-refractivity contribution < 1.29 is 17.9 Å². The molecule has 0 unspecified atom stereocenters. The molecule has 0 aromatic heterocycles. The lowest BCUT2D eigenvalue weighted by Gasteiger charge is -2.10. The molecule has 0 atom stereocenters. The summed E-state index contributed by atoms with van der Waals surface area (Å²) in [5, 5.41) is 16.7. The molecule has 3 aromatic rings. The molecule has 0 heterocycles. The maximum absolute atomic E-state index is 12.4. The highest BCUT2D eigenvalue weighted by molar-refractivity contribution is 7.89. The number of primary sulfonamides is 1. The van der Waals surface area contributed by atoms with E-state index in [0.29, 0.717) is 17.0 Å². The second-order valence-electron chi connectivity index (χ2n) is 6.15. The number of sulfonamides is 1. The number of anilines is 1. The first-order valence-corrected chi connectivity index (χ1v) is 10.1. The van der Waals surface area contributed by atoms with Crippen LogP contribution in [0.3, 0.4) is 0 Å². The summed E-state index contributed by atoms with van der Waals surface area (Å²) in [6.07, 6.45) is 0. The van der Waals surface area contributed by atoms with Gasteiger partial charge < -0.3 is 10.1 Å². The largest absolute Gasteiger partial charge is 0.489 e. The maximum atomic E-state index is 12.4. The van der Waals surface area contributed by atoms with Crippen LogP contribution in [0.5, 0.6) is 5.75 Å². The highest BCUT2D eigenvalue weighted by atomic mass is 32.2. The van der Waals surface area contributed by atoms with Crippen LogP contribution in [-0.2, 0) is 16.6 Å². The zero-order valence-corrected chi connectivity index (χ0v) is 16.0. The number of carbonyl (C=O) groups is 1. The van der Waals surface area contributed by atoms with Gasteiger partial charge in [0.25, 0.3) is 5.91 Å². The summed E-state index contributed by atoms with van der Waals surface area (Å²) in [6.45, 7) is 0.280. The monoisotopic (exact) mass is 407 g/mol. The number of hydrogen-bond donors (Lipinski definition) is 2. The zero-order chi connectivity index (χ0) is 20.9. The molecule has 0 spiro atoms. The first kappa shape index (κ1) is 20.1. The van der Waals surface area contributed by atoms with Crippen LogP contribution in [0.4, 0.5) is 5.69 Å². The summed E-state index contributed by atoms with van der Waals surface area (Å²) in [5.41, 5.74) is 2.22. The van der Waals surface area contributed by atoms with Crippen molar-refractivity contribution in [3.05, 3.63) is 89.5 Å². The van der Waals surface area contributed by atoms with Crippen LogP contribution in [0.1, 0.15) is 21.5 Å². The first-order chi connectivity index (χ1) is 13.8. The number of nitrogens with two attached hydrogens (primary N) is 1. The van der Waals surface area contributed by atoms with Crippen LogP contribution < -0.4 is 15.2 Å². The Hall–Kier alpha value is -3.67. The molecule has 146 valence electrons. The summed E-state index contributed by atoms with van der Waals surface area (Å²) in [6, 6.07) is 21.4. The summed E-state index contributed by atoms with van der Waals surface area (Å²) < 4.78 is 28.3. The van der Waals surface area contributed by atoms with E-state index in [1.165, 1.54) is 24.3 Å². The van der Waals surface area contributed by atoms with E-state index >= 15 is 0 Å². The smallest absolute Gasteiger partial charge is 0.255 e. The van der Waals surface area contributed by atoms with Crippen LogP contribution in [-0.4, -0.2) is 14.3 Å². The van der Waals surface area contributed by atoms with Crippen molar-refractivity contribution in [2.45, 2.75) is 11.5 Å². The summed E-state index contributed by atoms with van der Waals surface area (Å²) >= 11 is 0. The van der Waals surface area contributed by atoms with E-state index in [0.717, 1.165) is 5.56 Å². The molecule has 29 heavy (non-hydrogen) atoms. The van der Waals surface area contributed by atoms with Gasteiger partial charge in [0.05, 0.1) is 16.5 Å². The lowest BCUT2D eigenvalue weighted by atomic mass is 10.1. The van der Waals surface area contributed by atoms with Crippen molar-refractivity contribution in [3.8, 4) is 11.8 Å². The Balaban J connectivity index is 1.66.